The van der Waals surface area contributed by atoms with Crippen LogP contribution in [0.15, 0.2) is 22.1 Å². The number of aromatic nitrogens is 1. The van der Waals surface area contributed by atoms with Crippen LogP contribution < -0.4 is 5.32 Å². The summed E-state index contributed by atoms with van der Waals surface area (Å²) >= 11 is 1.44. The number of hydrogen-bond acceptors (Lipinski definition) is 5. The second kappa shape index (κ2) is 5.10. The largest absolute Gasteiger partial charge is 0.480 e. The van der Waals surface area contributed by atoms with Crippen molar-refractivity contribution in [3.63, 3.8) is 0 Å². The van der Waals surface area contributed by atoms with Gasteiger partial charge >= 0.3 is 5.97 Å². The summed E-state index contributed by atoms with van der Waals surface area (Å²) in [5.41, 5.74) is -0.846. The summed E-state index contributed by atoms with van der Waals surface area (Å²) in [5, 5.41) is 13.0. The molecule has 1 aliphatic rings. The fraction of sp³-hybridized carbons (Fsp3) is 0.636. The van der Waals surface area contributed by atoms with Gasteiger partial charge in [0, 0.05) is 11.8 Å². The number of hydrogen-bond donors (Lipinski definition) is 2. The highest BCUT2D eigenvalue weighted by atomic mass is 32.2. The van der Waals surface area contributed by atoms with Crippen molar-refractivity contribution in [1.29, 1.82) is 0 Å². The highest BCUT2D eigenvalue weighted by Crippen LogP contribution is 2.26. The summed E-state index contributed by atoms with van der Waals surface area (Å²) in [6, 6.07) is 0.378. The smallest absolute Gasteiger partial charge is 0.323 e. The maximum absolute atomic E-state index is 11.3. The molecule has 17 heavy (non-hydrogen) atoms. The molecule has 1 fully saturated rings. The minimum absolute atomic E-state index is 0.378. The number of carboxylic acid groups (broad SMARTS) is 1. The van der Waals surface area contributed by atoms with E-state index < -0.39 is 11.5 Å². The lowest BCUT2D eigenvalue weighted by atomic mass is 9.99. The van der Waals surface area contributed by atoms with Crippen LogP contribution in [-0.4, -0.2) is 33.4 Å². The van der Waals surface area contributed by atoms with Crippen molar-refractivity contribution in [1.82, 2.24) is 10.3 Å². The molecular formula is C11H16N2O3S. The number of carboxylic acids is 1. The first-order chi connectivity index (χ1) is 8.10. The van der Waals surface area contributed by atoms with Gasteiger partial charge in [0.2, 0.25) is 0 Å². The number of rotatable bonds is 7. The third-order valence-electron chi connectivity index (χ3n) is 2.81. The molecule has 0 spiro atoms. The lowest BCUT2D eigenvalue weighted by Crippen LogP contribution is -2.50. The number of aliphatic carboxylic acids is 1. The first kappa shape index (κ1) is 12.4. The highest BCUT2D eigenvalue weighted by molar-refractivity contribution is 7.99. The van der Waals surface area contributed by atoms with Crippen molar-refractivity contribution in [3.05, 3.63) is 12.5 Å². The Kier molecular flexibility index (Phi) is 3.73. The SMILES string of the molecule is CC(CCSc1ncco1)(NC1CC1)C(=O)O. The fourth-order valence-electron chi connectivity index (χ4n) is 1.54. The quantitative estimate of drug-likeness (QED) is 0.724. The molecule has 5 nitrogen and oxygen atoms in total. The van der Waals surface area contributed by atoms with Crippen LogP contribution in [0, 0.1) is 0 Å². The normalized spacial score (nSPS) is 18.9. The summed E-state index contributed by atoms with van der Waals surface area (Å²) < 4.78 is 5.09. The fourth-order valence-corrected chi connectivity index (χ4v) is 2.49. The Morgan fingerprint density at radius 2 is 2.53 bits per heavy atom. The van der Waals surface area contributed by atoms with Crippen LogP contribution in [0.3, 0.4) is 0 Å². The van der Waals surface area contributed by atoms with E-state index in [0.717, 1.165) is 12.8 Å². The minimum atomic E-state index is -0.846. The van der Waals surface area contributed by atoms with Gasteiger partial charge in [0.1, 0.15) is 11.8 Å². The molecule has 2 rings (SSSR count). The Morgan fingerprint density at radius 3 is 3.06 bits per heavy atom. The second-order valence-corrected chi connectivity index (χ2v) is 5.50. The van der Waals surface area contributed by atoms with E-state index in [9.17, 15) is 9.90 Å². The van der Waals surface area contributed by atoms with E-state index in [0.29, 0.717) is 23.4 Å². The zero-order valence-electron chi connectivity index (χ0n) is 9.68. The van der Waals surface area contributed by atoms with Gasteiger partial charge in [0.15, 0.2) is 0 Å². The molecule has 94 valence electrons. The molecular weight excluding hydrogens is 240 g/mol. The molecule has 2 N–H and O–H groups in total. The summed E-state index contributed by atoms with van der Waals surface area (Å²) in [4.78, 5) is 15.2. The Hall–Kier alpha value is -1.01. The maximum Gasteiger partial charge on any atom is 0.323 e. The Bertz CT molecular complexity index is 378. The van der Waals surface area contributed by atoms with Crippen LogP contribution in [0.1, 0.15) is 26.2 Å². The Morgan fingerprint density at radius 1 is 1.76 bits per heavy atom. The van der Waals surface area contributed by atoms with Crippen molar-refractivity contribution < 1.29 is 14.3 Å². The highest BCUT2D eigenvalue weighted by Gasteiger charge is 2.38. The Balaban J connectivity index is 1.82. The summed E-state index contributed by atoms with van der Waals surface area (Å²) in [6.07, 6.45) is 5.81. The molecule has 0 bridgehead atoms. The molecule has 0 aliphatic heterocycles. The van der Waals surface area contributed by atoms with E-state index in [1.807, 2.05) is 0 Å². The van der Waals surface area contributed by atoms with Gasteiger partial charge in [-0.1, -0.05) is 11.8 Å². The van der Waals surface area contributed by atoms with Crippen LogP contribution in [0.2, 0.25) is 0 Å². The monoisotopic (exact) mass is 256 g/mol. The van der Waals surface area contributed by atoms with Gasteiger partial charge in [0.25, 0.3) is 5.22 Å². The molecule has 1 heterocycles. The van der Waals surface area contributed by atoms with E-state index in [4.69, 9.17) is 4.42 Å². The lowest BCUT2D eigenvalue weighted by molar-refractivity contribution is -0.144. The summed E-state index contributed by atoms with van der Waals surface area (Å²) in [7, 11) is 0. The van der Waals surface area contributed by atoms with Crippen LogP contribution in [0.5, 0.6) is 0 Å². The zero-order chi connectivity index (χ0) is 12.3. The average molecular weight is 256 g/mol. The molecule has 0 aromatic carbocycles. The average Bonchev–Trinajstić information content (AvgIpc) is 2.93. The molecule has 1 aromatic rings. The first-order valence-corrected chi connectivity index (χ1v) is 6.62. The maximum atomic E-state index is 11.3. The minimum Gasteiger partial charge on any atom is -0.480 e. The van der Waals surface area contributed by atoms with Crippen LogP contribution in [0.4, 0.5) is 0 Å². The third kappa shape index (κ3) is 3.47. The number of nitrogens with one attached hydrogen (secondary N) is 1. The molecule has 6 heteroatoms. The molecule has 1 atom stereocenters. The van der Waals surface area contributed by atoms with Crippen LogP contribution in [-0.2, 0) is 4.79 Å². The summed E-state index contributed by atoms with van der Waals surface area (Å²) in [6.45, 7) is 1.74. The Labute approximate surface area is 104 Å². The predicted molar refractivity (Wildman–Crippen MR) is 64.0 cm³/mol. The van der Waals surface area contributed by atoms with E-state index >= 15 is 0 Å². The number of nitrogens with zero attached hydrogens (tertiary/aromatic N) is 1. The molecule has 0 saturated heterocycles. The van der Waals surface area contributed by atoms with Gasteiger partial charge in [0.05, 0.1) is 6.20 Å². The van der Waals surface area contributed by atoms with Gasteiger partial charge in [-0.05, 0) is 26.2 Å². The molecule has 0 amide bonds. The standard InChI is InChI=1S/C11H16N2O3S/c1-11(9(14)15,13-8-2-3-8)4-7-17-10-12-5-6-16-10/h5-6,8,13H,2-4,7H2,1H3,(H,14,15). The van der Waals surface area contributed by atoms with E-state index in [-0.39, 0.29) is 0 Å². The van der Waals surface area contributed by atoms with Gasteiger partial charge in [-0.3, -0.25) is 10.1 Å². The van der Waals surface area contributed by atoms with Crippen molar-refractivity contribution in [2.45, 2.75) is 43.0 Å². The second-order valence-electron chi connectivity index (χ2n) is 4.45. The molecule has 1 aromatic heterocycles. The molecule has 0 radical (unpaired) electrons. The predicted octanol–water partition coefficient (Wildman–Crippen LogP) is 1.75. The molecule has 1 saturated carbocycles. The molecule has 1 unspecified atom stereocenters. The van der Waals surface area contributed by atoms with Crippen molar-refractivity contribution >= 4 is 17.7 Å². The first-order valence-electron chi connectivity index (χ1n) is 5.63. The van der Waals surface area contributed by atoms with Crippen molar-refractivity contribution in [2.24, 2.45) is 0 Å². The molecule has 1 aliphatic carbocycles. The van der Waals surface area contributed by atoms with E-state index in [1.54, 1.807) is 13.1 Å². The lowest BCUT2D eigenvalue weighted by Gasteiger charge is -2.25. The zero-order valence-corrected chi connectivity index (χ0v) is 10.5. The summed E-state index contributed by atoms with van der Waals surface area (Å²) in [5.74, 6) is -0.124. The number of carbonyl (C=O) groups is 1. The van der Waals surface area contributed by atoms with Crippen molar-refractivity contribution in [2.75, 3.05) is 5.75 Å². The van der Waals surface area contributed by atoms with Crippen molar-refractivity contribution in [3.8, 4) is 0 Å². The third-order valence-corrected chi connectivity index (χ3v) is 3.67. The topological polar surface area (TPSA) is 75.4 Å². The van der Waals surface area contributed by atoms with Gasteiger partial charge in [-0.25, -0.2) is 4.98 Å². The van der Waals surface area contributed by atoms with Crippen LogP contribution >= 0.6 is 11.8 Å². The van der Waals surface area contributed by atoms with Gasteiger partial charge < -0.3 is 9.52 Å². The van der Waals surface area contributed by atoms with Gasteiger partial charge in [-0.15, -0.1) is 0 Å². The van der Waals surface area contributed by atoms with Gasteiger partial charge in [-0.2, -0.15) is 0 Å². The number of thioether (sulfide) groups is 1. The van der Waals surface area contributed by atoms with E-state index in [1.165, 1.54) is 18.0 Å². The van der Waals surface area contributed by atoms with Crippen LogP contribution in [0.25, 0.3) is 0 Å². The number of oxazole rings is 1. The van der Waals surface area contributed by atoms with E-state index in [2.05, 4.69) is 10.3 Å².